The molecule has 42 heavy (non-hydrogen) atoms. The number of rotatable bonds is 14. The minimum atomic E-state index is -3.86. The van der Waals surface area contributed by atoms with Crippen LogP contribution in [-0.4, -0.2) is 66.1 Å². The van der Waals surface area contributed by atoms with Crippen molar-refractivity contribution in [3.8, 4) is 11.1 Å². The van der Waals surface area contributed by atoms with Crippen molar-refractivity contribution in [2.75, 3.05) is 31.2 Å². The minimum Gasteiger partial charge on any atom is -0.465 e. The lowest BCUT2D eigenvalue weighted by molar-refractivity contribution is 0.0971. The number of hydrogen-bond acceptors (Lipinski definition) is 7. The van der Waals surface area contributed by atoms with Crippen LogP contribution in [0.1, 0.15) is 53.4 Å². The molecule has 3 aromatic carbocycles. The molecule has 3 rings (SSSR count). The molecule has 0 aliphatic rings. The molecule has 0 saturated heterocycles. The summed E-state index contributed by atoms with van der Waals surface area (Å²) >= 11 is 0. The van der Waals surface area contributed by atoms with Gasteiger partial charge in [-0.2, -0.15) is 0 Å². The summed E-state index contributed by atoms with van der Waals surface area (Å²) in [6.07, 6.45) is -1.04. The fourth-order valence-corrected chi connectivity index (χ4v) is 5.53. The Kier molecular flexibility index (Phi) is 11.5. The zero-order chi connectivity index (χ0) is 30.9. The van der Waals surface area contributed by atoms with E-state index in [4.69, 9.17) is 10.8 Å². The van der Waals surface area contributed by atoms with Crippen LogP contribution in [0.25, 0.3) is 11.1 Å². The van der Waals surface area contributed by atoms with Gasteiger partial charge in [-0.3, -0.25) is 4.79 Å². The van der Waals surface area contributed by atoms with Crippen molar-refractivity contribution in [1.29, 1.82) is 0 Å². The van der Waals surface area contributed by atoms with E-state index in [0.29, 0.717) is 24.1 Å². The van der Waals surface area contributed by atoms with Crippen LogP contribution in [0.5, 0.6) is 0 Å². The molecule has 0 bridgehead atoms. The molecule has 0 aromatic heterocycles. The largest absolute Gasteiger partial charge is 0.465 e. The van der Waals surface area contributed by atoms with Gasteiger partial charge in [0, 0.05) is 24.4 Å². The van der Waals surface area contributed by atoms with E-state index >= 15 is 0 Å². The third kappa shape index (κ3) is 9.57. The number of hydrogen-bond donors (Lipinski definition) is 5. The topological polar surface area (TPSA) is 170 Å². The molecule has 10 nitrogen and oxygen atoms in total. The van der Waals surface area contributed by atoms with E-state index in [-0.39, 0.29) is 43.4 Å². The first kappa shape index (κ1) is 32.6. The molecule has 2 amide bonds. The van der Waals surface area contributed by atoms with Crippen LogP contribution in [0, 0.1) is 5.92 Å². The van der Waals surface area contributed by atoms with Crippen LogP contribution in [0.3, 0.4) is 0 Å². The van der Waals surface area contributed by atoms with Crippen LogP contribution in [0.4, 0.5) is 10.5 Å². The Labute approximate surface area is 246 Å². The predicted molar refractivity (Wildman–Crippen MR) is 162 cm³/mol. The Morgan fingerprint density at radius 3 is 2.21 bits per heavy atom. The highest BCUT2D eigenvalue weighted by Gasteiger charge is 2.20. The second-order valence-electron chi connectivity index (χ2n) is 10.7. The smallest absolute Gasteiger partial charge is 0.407 e. The Morgan fingerprint density at radius 2 is 1.62 bits per heavy atom. The second kappa shape index (κ2) is 14.8. The predicted octanol–water partition coefficient (Wildman–Crippen LogP) is 3.83. The summed E-state index contributed by atoms with van der Waals surface area (Å²) in [5, 5.41) is 29.1. The molecular weight excluding hydrogens is 558 g/mol. The van der Waals surface area contributed by atoms with Crippen molar-refractivity contribution in [1.82, 2.24) is 9.62 Å². The molecule has 0 fully saturated rings. The monoisotopic (exact) mass is 597 g/mol. The number of carboxylic acid groups (broad SMARTS) is 1. The van der Waals surface area contributed by atoms with Gasteiger partial charge in [0.25, 0.3) is 5.91 Å². The molecule has 1 atom stereocenters. The Morgan fingerprint density at radius 1 is 0.976 bits per heavy atom. The summed E-state index contributed by atoms with van der Waals surface area (Å²) in [4.78, 5) is 25.8. The number of nitrogens with two attached hydrogens (primary N) is 1. The number of carbonyl (C=O) groups excluding carboxylic acids is 1. The van der Waals surface area contributed by atoms with Crippen molar-refractivity contribution in [2.45, 2.75) is 39.2 Å². The van der Waals surface area contributed by atoms with Gasteiger partial charge in [0.1, 0.15) is 0 Å². The van der Waals surface area contributed by atoms with E-state index in [1.54, 1.807) is 36.4 Å². The maximum Gasteiger partial charge on any atom is 0.407 e. The van der Waals surface area contributed by atoms with E-state index in [0.717, 1.165) is 22.3 Å². The third-order valence-corrected chi connectivity index (χ3v) is 8.06. The van der Waals surface area contributed by atoms with Gasteiger partial charge < -0.3 is 26.0 Å². The molecule has 226 valence electrons. The lowest BCUT2D eigenvalue weighted by atomic mass is 9.93. The fourth-order valence-electron chi connectivity index (χ4n) is 4.53. The summed E-state index contributed by atoms with van der Waals surface area (Å²) in [7, 11) is -3.86. The number of carbonyl (C=O) groups is 2. The molecule has 0 aliphatic carbocycles. The first-order valence-electron chi connectivity index (χ1n) is 13.8. The van der Waals surface area contributed by atoms with Crippen molar-refractivity contribution in [2.24, 2.45) is 5.92 Å². The lowest BCUT2D eigenvalue weighted by Crippen LogP contribution is -2.35. The first-order valence-corrected chi connectivity index (χ1v) is 15.4. The minimum absolute atomic E-state index is 0.0380. The molecule has 0 heterocycles. The molecule has 11 heteroatoms. The van der Waals surface area contributed by atoms with E-state index in [1.165, 1.54) is 4.90 Å². The van der Waals surface area contributed by atoms with Crippen LogP contribution in [0.2, 0.25) is 0 Å². The second-order valence-corrected chi connectivity index (χ2v) is 12.5. The average Bonchev–Trinajstić information content (AvgIpc) is 2.94. The average molecular weight is 598 g/mol. The van der Waals surface area contributed by atoms with Crippen LogP contribution in [0.15, 0.2) is 66.7 Å². The summed E-state index contributed by atoms with van der Waals surface area (Å²) in [5.74, 6) is -0.821. The van der Waals surface area contributed by atoms with Crippen LogP contribution in [-0.2, 0) is 22.9 Å². The number of aliphatic hydroxyl groups is 2. The highest BCUT2D eigenvalue weighted by atomic mass is 32.2. The Hall–Kier alpha value is -3.93. The third-order valence-electron chi connectivity index (χ3n) is 6.74. The maximum absolute atomic E-state index is 12.8. The molecule has 0 aliphatic heterocycles. The van der Waals surface area contributed by atoms with Gasteiger partial charge in [-0.15, -0.1) is 0 Å². The summed E-state index contributed by atoms with van der Waals surface area (Å²) < 4.78 is 26.5. The van der Waals surface area contributed by atoms with E-state index in [9.17, 15) is 28.2 Å². The van der Waals surface area contributed by atoms with E-state index in [2.05, 4.69) is 4.72 Å². The molecule has 6 N–H and O–H groups in total. The molecule has 0 unspecified atom stereocenters. The molecule has 3 aromatic rings. The zero-order valence-corrected chi connectivity index (χ0v) is 24.7. The summed E-state index contributed by atoms with van der Waals surface area (Å²) in [6, 6.07) is 19.6. The quantitative estimate of drug-likeness (QED) is 0.175. The van der Waals surface area contributed by atoms with Crippen molar-refractivity contribution >= 4 is 27.7 Å². The standard InChI is InChI=1S/C31H39N3O7S/c1-21(2)18-26-19-25(10-13-28(26)30(37)33-42(40,41)17-3-16-35)23-6-4-22(5-7-23)14-15-34(31(38)39)20-29(36)24-8-11-27(32)12-9-24/h4-13,19,21,29,35-36H,3,14-18,20,32H2,1-2H3,(H,33,37)(H,38,39)/t29-/m1/s1. The lowest BCUT2D eigenvalue weighted by Gasteiger charge is -2.23. The molecule has 0 spiro atoms. The fraction of sp³-hybridized carbons (Fsp3) is 0.355. The van der Waals surface area contributed by atoms with Crippen molar-refractivity contribution < 1.29 is 33.3 Å². The number of benzene rings is 3. The van der Waals surface area contributed by atoms with Gasteiger partial charge >= 0.3 is 6.09 Å². The summed E-state index contributed by atoms with van der Waals surface area (Å²) in [6.45, 7) is 3.86. The number of amides is 2. The van der Waals surface area contributed by atoms with E-state index in [1.807, 2.05) is 44.2 Å². The number of sulfonamides is 1. The number of anilines is 1. The van der Waals surface area contributed by atoms with Gasteiger partial charge in [0.15, 0.2) is 0 Å². The number of nitrogens with one attached hydrogen (secondary N) is 1. The van der Waals surface area contributed by atoms with Gasteiger partial charge in [-0.05, 0) is 71.2 Å². The number of nitrogen functional groups attached to an aromatic ring is 1. The molecular formula is C31H39N3O7S. The van der Waals surface area contributed by atoms with Crippen LogP contribution >= 0.6 is 0 Å². The number of aliphatic hydroxyl groups excluding tert-OH is 2. The van der Waals surface area contributed by atoms with Gasteiger partial charge in [0.2, 0.25) is 10.0 Å². The Balaban J connectivity index is 1.71. The zero-order valence-electron chi connectivity index (χ0n) is 23.9. The van der Waals surface area contributed by atoms with Gasteiger partial charge in [0.05, 0.1) is 18.4 Å². The SMILES string of the molecule is CC(C)Cc1cc(-c2ccc(CCN(C[C@@H](O)c3ccc(N)cc3)C(=O)O)cc2)ccc1C(=O)NS(=O)(=O)CCCO. The maximum atomic E-state index is 12.8. The van der Waals surface area contributed by atoms with E-state index < -0.39 is 28.1 Å². The normalized spacial score (nSPS) is 12.2. The Bertz CT molecular complexity index is 1460. The molecule has 0 saturated carbocycles. The highest BCUT2D eigenvalue weighted by Crippen LogP contribution is 2.26. The first-order chi connectivity index (χ1) is 19.9. The molecule has 0 radical (unpaired) electrons. The van der Waals surface area contributed by atoms with Crippen molar-refractivity contribution in [3.63, 3.8) is 0 Å². The van der Waals surface area contributed by atoms with Crippen molar-refractivity contribution in [3.05, 3.63) is 89.0 Å². The van der Waals surface area contributed by atoms with Gasteiger partial charge in [-0.25, -0.2) is 17.9 Å². The summed E-state index contributed by atoms with van der Waals surface area (Å²) in [5.41, 5.74) is 10.5. The number of nitrogens with zero attached hydrogens (tertiary/aromatic N) is 1. The van der Waals surface area contributed by atoms with Gasteiger partial charge in [-0.1, -0.05) is 62.4 Å². The highest BCUT2D eigenvalue weighted by molar-refractivity contribution is 7.90. The van der Waals surface area contributed by atoms with Crippen LogP contribution < -0.4 is 10.5 Å².